The molecular weight excluding hydrogens is 184 g/mol. The third kappa shape index (κ3) is 2.81. The average Bonchev–Trinajstić information content (AvgIpc) is 2.10. The Morgan fingerprint density at radius 1 is 1.08 bits per heavy atom. The summed E-state index contributed by atoms with van der Waals surface area (Å²) in [6.45, 7) is 5.96. The maximum Gasteiger partial charge on any atom is 0.0590 e. The summed E-state index contributed by atoms with van der Waals surface area (Å²) in [5, 5.41) is 7.28. The highest BCUT2D eigenvalue weighted by molar-refractivity contribution is 6.31. The van der Waals surface area contributed by atoms with Gasteiger partial charge >= 0.3 is 0 Å². The fourth-order valence-corrected chi connectivity index (χ4v) is 1.37. The molecule has 0 amide bonds. The van der Waals surface area contributed by atoms with Crippen LogP contribution in [-0.4, -0.2) is 13.1 Å². The Kier molecular flexibility index (Phi) is 3.90. The first-order valence-corrected chi connectivity index (χ1v) is 4.93. The van der Waals surface area contributed by atoms with Crippen LogP contribution in [0.3, 0.4) is 0 Å². The second-order valence-corrected chi connectivity index (χ2v) is 3.19. The second kappa shape index (κ2) is 4.97. The zero-order valence-electron chi connectivity index (χ0n) is 8.02. The van der Waals surface area contributed by atoms with Crippen LogP contribution in [0, 0.1) is 0 Å². The molecule has 0 atom stereocenters. The Bertz CT molecular complexity index is 274. The van der Waals surface area contributed by atoms with Crippen molar-refractivity contribution in [3.8, 4) is 0 Å². The highest BCUT2D eigenvalue weighted by atomic mass is 35.5. The van der Waals surface area contributed by atoms with E-state index in [1.807, 2.05) is 18.2 Å². The molecule has 0 heterocycles. The van der Waals surface area contributed by atoms with Gasteiger partial charge < -0.3 is 10.6 Å². The van der Waals surface area contributed by atoms with E-state index in [0.717, 1.165) is 29.5 Å². The molecule has 13 heavy (non-hydrogen) atoms. The van der Waals surface area contributed by atoms with Gasteiger partial charge in [-0.05, 0) is 32.0 Å². The molecule has 0 saturated heterocycles. The van der Waals surface area contributed by atoms with Gasteiger partial charge in [-0.25, -0.2) is 0 Å². The van der Waals surface area contributed by atoms with Crippen molar-refractivity contribution < 1.29 is 0 Å². The van der Waals surface area contributed by atoms with Gasteiger partial charge in [-0.2, -0.15) is 0 Å². The molecule has 2 N–H and O–H groups in total. The summed E-state index contributed by atoms with van der Waals surface area (Å²) in [7, 11) is 0. The van der Waals surface area contributed by atoms with Crippen LogP contribution in [0.1, 0.15) is 13.8 Å². The number of halogens is 1. The fourth-order valence-electron chi connectivity index (χ4n) is 1.20. The Morgan fingerprint density at radius 3 is 2.31 bits per heavy atom. The topological polar surface area (TPSA) is 24.1 Å². The Balaban J connectivity index is 2.89. The maximum absolute atomic E-state index is 5.88. The summed E-state index contributed by atoms with van der Waals surface area (Å²) in [5.74, 6) is 0. The molecule has 0 aromatic heterocycles. The molecule has 0 unspecified atom stereocenters. The van der Waals surface area contributed by atoms with Gasteiger partial charge in [0.2, 0.25) is 0 Å². The molecule has 0 aliphatic carbocycles. The molecule has 0 bridgehead atoms. The molecule has 72 valence electrons. The summed E-state index contributed by atoms with van der Waals surface area (Å²) < 4.78 is 0. The monoisotopic (exact) mass is 198 g/mol. The molecule has 3 heteroatoms. The molecule has 0 spiro atoms. The van der Waals surface area contributed by atoms with Gasteiger partial charge in [0.05, 0.1) is 11.4 Å². The van der Waals surface area contributed by atoms with Gasteiger partial charge in [0.25, 0.3) is 0 Å². The number of hydrogen-bond donors (Lipinski definition) is 2. The van der Waals surface area contributed by atoms with Crippen LogP contribution >= 0.6 is 11.6 Å². The van der Waals surface area contributed by atoms with Crippen LogP contribution in [0.4, 0.5) is 11.4 Å². The van der Waals surface area contributed by atoms with E-state index in [-0.39, 0.29) is 0 Å². The standard InChI is InChI=1S/C10H15ClN2/c1-3-12-9-6-5-8(11)7-10(9)13-4-2/h5-7,12-13H,3-4H2,1-2H3. The van der Waals surface area contributed by atoms with Crippen LogP contribution < -0.4 is 10.6 Å². The van der Waals surface area contributed by atoms with Gasteiger partial charge in [-0.1, -0.05) is 11.6 Å². The molecular formula is C10H15ClN2. The van der Waals surface area contributed by atoms with E-state index in [9.17, 15) is 0 Å². The van der Waals surface area contributed by atoms with E-state index in [1.165, 1.54) is 0 Å². The molecule has 0 fully saturated rings. The minimum Gasteiger partial charge on any atom is -0.384 e. The smallest absolute Gasteiger partial charge is 0.0590 e. The van der Waals surface area contributed by atoms with Crippen molar-refractivity contribution in [2.75, 3.05) is 23.7 Å². The molecule has 0 aliphatic heterocycles. The minimum absolute atomic E-state index is 0.762. The highest BCUT2D eigenvalue weighted by Crippen LogP contribution is 2.25. The lowest BCUT2D eigenvalue weighted by Crippen LogP contribution is -2.03. The van der Waals surface area contributed by atoms with E-state index < -0.39 is 0 Å². The lowest BCUT2D eigenvalue weighted by atomic mass is 10.2. The summed E-state index contributed by atoms with van der Waals surface area (Å²) in [5.41, 5.74) is 2.17. The van der Waals surface area contributed by atoms with Gasteiger partial charge in [0, 0.05) is 18.1 Å². The summed E-state index contributed by atoms with van der Waals surface area (Å²) in [6, 6.07) is 5.81. The van der Waals surface area contributed by atoms with Crippen molar-refractivity contribution in [2.45, 2.75) is 13.8 Å². The lowest BCUT2D eigenvalue weighted by Gasteiger charge is -2.11. The van der Waals surface area contributed by atoms with Crippen molar-refractivity contribution in [1.82, 2.24) is 0 Å². The lowest BCUT2D eigenvalue weighted by molar-refractivity contribution is 1.18. The first kappa shape index (κ1) is 10.2. The predicted octanol–water partition coefficient (Wildman–Crippen LogP) is 3.20. The SMILES string of the molecule is CCNc1ccc(Cl)cc1NCC. The van der Waals surface area contributed by atoms with Crippen molar-refractivity contribution in [1.29, 1.82) is 0 Å². The summed E-state index contributed by atoms with van der Waals surface area (Å²) in [6.07, 6.45) is 0. The van der Waals surface area contributed by atoms with Gasteiger partial charge in [-0.3, -0.25) is 0 Å². The molecule has 0 radical (unpaired) electrons. The Labute approximate surface area is 84.3 Å². The van der Waals surface area contributed by atoms with E-state index >= 15 is 0 Å². The van der Waals surface area contributed by atoms with Crippen LogP contribution in [0.5, 0.6) is 0 Å². The van der Waals surface area contributed by atoms with Crippen molar-refractivity contribution in [3.63, 3.8) is 0 Å². The van der Waals surface area contributed by atoms with Gasteiger partial charge in [-0.15, -0.1) is 0 Å². The van der Waals surface area contributed by atoms with Crippen molar-refractivity contribution >= 4 is 23.0 Å². The molecule has 0 saturated carbocycles. The predicted molar refractivity (Wildman–Crippen MR) is 59.8 cm³/mol. The van der Waals surface area contributed by atoms with Crippen molar-refractivity contribution in [2.24, 2.45) is 0 Å². The highest BCUT2D eigenvalue weighted by Gasteiger charge is 2.00. The molecule has 1 aromatic rings. The summed E-state index contributed by atoms with van der Waals surface area (Å²) >= 11 is 5.88. The summed E-state index contributed by atoms with van der Waals surface area (Å²) in [4.78, 5) is 0. The Morgan fingerprint density at radius 2 is 1.69 bits per heavy atom. The van der Waals surface area contributed by atoms with E-state index in [1.54, 1.807) is 0 Å². The molecule has 1 aromatic carbocycles. The zero-order chi connectivity index (χ0) is 9.68. The third-order valence-electron chi connectivity index (χ3n) is 1.72. The number of anilines is 2. The number of rotatable bonds is 4. The maximum atomic E-state index is 5.88. The van der Waals surface area contributed by atoms with Crippen LogP contribution in [0.2, 0.25) is 5.02 Å². The minimum atomic E-state index is 0.762. The average molecular weight is 199 g/mol. The van der Waals surface area contributed by atoms with Crippen LogP contribution in [-0.2, 0) is 0 Å². The normalized spacial score (nSPS) is 9.77. The zero-order valence-corrected chi connectivity index (χ0v) is 8.78. The number of benzene rings is 1. The van der Waals surface area contributed by atoms with Gasteiger partial charge in [0.15, 0.2) is 0 Å². The van der Waals surface area contributed by atoms with E-state index in [2.05, 4.69) is 24.5 Å². The quantitative estimate of drug-likeness (QED) is 0.777. The van der Waals surface area contributed by atoms with E-state index in [4.69, 9.17) is 11.6 Å². The molecule has 2 nitrogen and oxygen atoms in total. The Hall–Kier alpha value is -0.890. The molecule has 0 aliphatic rings. The fraction of sp³-hybridized carbons (Fsp3) is 0.400. The second-order valence-electron chi connectivity index (χ2n) is 2.75. The molecule has 1 rings (SSSR count). The largest absolute Gasteiger partial charge is 0.384 e. The van der Waals surface area contributed by atoms with Crippen LogP contribution in [0.15, 0.2) is 18.2 Å². The van der Waals surface area contributed by atoms with Gasteiger partial charge in [0.1, 0.15) is 0 Å². The van der Waals surface area contributed by atoms with Crippen LogP contribution in [0.25, 0.3) is 0 Å². The van der Waals surface area contributed by atoms with E-state index in [0.29, 0.717) is 0 Å². The van der Waals surface area contributed by atoms with Crippen molar-refractivity contribution in [3.05, 3.63) is 23.2 Å². The number of nitrogens with one attached hydrogen (secondary N) is 2. The third-order valence-corrected chi connectivity index (χ3v) is 1.95. The first-order valence-electron chi connectivity index (χ1n) is 4.55. The first-order chi connectivity index (χ1) is 6.27. The number of hydrogen-bond acceptors (Lipinski definition) is 2.